The van der Waals surface area contributed by atoms with Crippen LogP contribution in [0.2, 0.25) is 5.02 Å². The molecule has 0 spiro atoms. The lowest BCUT2D eigenvalue weighted by Gasteiger charge is -1.93. The number of rotatable bonds is 3. The average molecular weight is 223 g/mol. The lowest BCUT2D eigenvalue weighted by Crippen LogP contribution is -1.87. The number of carbonyl (C=O) groups excluding carboxylic acids is 1. The van der Waals surface area contributed by atoms with Gasteiger partial charge in [-0.3, -0.25) is 0 Å². The normalized spacial score (nSPS) is 10.2. The average Bonchev–Trinajstić information content (AvgIpc) is 2.67. The fraction of sp³-hybridized carbons (Fsp3) is 0.100. The van der Waals surface area contributed by atoms with Crippen molar-refractivity contribution in [2.45, 2.75) is 6.42 Å². The Morgan fingerprint density at radius 3 is 3.07 bits per heavy atom. The van der Waals surface area contributed by atoms with Crippen LogP contribution in [0.25, 0.3) is 11.5 Å². The van der Waals surface area contributed by atoms with Gasteiger partial charge in [0, 0.05) is 10.6 Å². The van der Waals surface area contributed by atoms with Gasteiger partial charge in [-0.05, 0) is 18.2 Å². The number of benzene rings is 1. The number of aromatic nitrogens is 2. The van der Waals surface area contributed by atoms with Crippen LogP contribution in [0.5, 0.6) is 0 Å². The summed E-state index contributed by atoms with van der Waals surface area (Å²) in [4.78, 5) is 14.3. The third-order valence-electron chi connectivity index (χ3n) is 1.81. The second-order valence-corrected chi connectivity index (χ2v) is 3.33. The smallest absolute Gasteiger partial charge is 0.257 e. The van der Waals surface area contributed by atoms with E-state index in [0.29, 0.717) is 16.7 Å². The molecule has 15 heavy (non-hydrogen) atoms. The Morgan fingerprint density at radius 1 is 1.47 bits per heavy atom. The Hall–Kier alpha value is -1.68. The van der Waals surface area contributed by atoms with Crippen LogP contribution in [0.1, 0.15) is 5.82 Å². The van der Waals surface area contributed by atoms with Gasteiger partial charge in [0.25, 0.3) is 5.89 Å². The second-order valence-electron chi connectivity index (χ2n) is 2.90. The molecule has 2 aromatic rings. The van der Waals surface area contributed by atoms with Crippen molar-refractivity contribution in [3.05, 3.63) is 35.1 Å². The van der Waals surface area contributed by atoms with Gasteiger partial charge in [0.1, 0.15) is 6.29 Å². The summed E-state index contributed by atoms with van der Waals surface area (Å²) in [5.41, 5.74) is 0.743. The molecule has 1 aromatic carbocycles. The number of aldehydes is 1. The van der Waals surface area contributed by atoms with Gasteiger partial charge in [0.05, 0.1) is 6.42 Å². The van der Waals surface area contributed by atoms with E-state index in [2.05, 4.69) is 10.1 Å². The molecule has 2 rings (SSSR count). The number of nitrogens with zero attached hydrogens (tertiary/aromatic N) is 2. The highest BCUT2D eigenvalue weighted by Crippen LogP contribution is 2.20. The monoisotopic (exact) mass is 222 g/mol. The fourth-order valence-corrected chi connectivity index (χ4v) is 1.34. The van der Waals surface area contributed by atoms with Gasteiger partial charge in [-0.15, -0.1) is 0 Å². The summed E-state index contributed by atoms with van der Waals surface area (Å²) >= 11 is 5.82. The van der Waals surface area contributed by atoms with E-state index in [-0.39, 0.29) is 6.42 Å². The molecule has 0 atom stereocenters. The molecule has 1 aromatic heterocycles. The zero-order valence-electron chi connectivity index (χ0n) is 7.68. The first kappa shape index (κ1) is 9.86. The van der Waals surface area contributed by atoms with E-state index in [1.54, 1.807) is 18.2 Å². The van der Waals surface area contributed by atoms with Crippen LogP contribution in [0.15, 0.2) is 28.8 Å². The maximum absolute atomic E-state index is 10.2. The standard InChI is InChI=1S/C10H7ClN2O2/c11-8-3-1-2-7(6-8)10-12-9(4-5-14)13-15-10/h1-3,5-6H,4H2. The highest BCUT2D eigenvalue weighted by Gasteiger charge is 2.08. The van der Waals surface area contributed by atoms with Crippen molar-refractivity contribution in [1.29, 1.82) is 0 Å². The molecule has 0 N–H and O–H groups in total. The molecule has 0 unspecified atom stereocenters. The van der Waals surface area contributed by atoms with Crippen molar-refractivity contribution < 1.29 is 9.32 Å². The minimum Gasteiger partial charge on any atom is -0.334 e. The first-order chi connectivity index (χ1) is 7.29. The van der Waals surface area contributed by atoms with Crippen LogP contribution in [0.4, 0.5) is 0 Å². The Kier molecular flexibility index (Phi) is 2.78. The molecule has 0 fully saturated rings. The Balaban J connectivity index is 2.32. The summed E-state index contributed by atoms with van der Waals surface area (Å²) in [6, 6.07) is 7.08. The molecule has 0 saturated carbocycles. The molecule has 0 bridgehead atoms. The molecule has 0 aliphatic carbocycles. The number of hydrogen-bond donors (Lipinski definition) is 0. The molecule has 0 saturated heterocycles. The quantitative estimate of drug-likeness (QED) is 0.747. The summed E-state index contributed by atoms with van der Waals surface area (Å²) in [7, 11) is 0. The van der Waals surface area contributed by atoms with Gasteiger partial charge in [0.2, 0.25) is 0 Å². The largest absolute Gasteiger partial charge is 0.334 e. The molecule has 0 radical (unpaired) electrons. The van der Waals surface area contributed by atoms with Crippen molar-refractivity contribution in [2.24, 2.45) is 0 Å². The third-order valence-corrected chi connectivity index (χ3v) is 2.04. The van der Waals surface area contributed by atoms with Crippen LogP contribution >= 0.6 is 11.6 Å². The van der Waals surface area contributed by atoms with Gasteiger partial charge in [0.15, 0.2) is 5.82 Å². The lowest BCUT2D eigenvalue weighted by atomic mass is 10.2. The van der Waals surface area contributed by atoms with Crippen molar-refractivity contribution >= 4 is 17.9 Å². The maximum Gasteiger partial charge on any atom is 0.257 e. The molecule has 76 valence electrons. The van der Waals surface area contributed by atoms with E-state index >= 15 is 0 Å². The van der Waals surface area contributed by atoms with Crippen molar-refractivity contribution in [1.82, 2.24) is 10.1 Å². The third kappa shape index (κ3) is 2.22. The minimum atomic E-state index is 0.157. The SMILES string of the molecule is O=CCc1noc(-c2cccc(Cl)c2)n1. The Labute approximate surface area is 90.9 Å². The summed E-state index contributed by atoms with van der Waals surface area (Å²) in [5, 5.41) is 4.25. The maximum atomic E-state index is 10.2. The van der Waals surface area contributed by atoms with E-state index < -0.39 is 0 Å². The highest BCUT2D eigenvalue weighted by molar-refractivity contribution is 6.30. The second kappa shape index (κ2) is 4.23. The van der Waals surface area contributed by atoms with Gasteiger partial charge in [-0.1, -0.05) is 22.8 Å². The van der Waals surface area contributed by atoms with E-state index in [9.17, 15) is 4.79 Å². The van der Waals surface area contributed by atoms with Crippen LogP contribution in [-0.4, -0.2) is 16.4 Å². The van der Waals surface area contributed by atoms with E-state index in [1.807, 2.05) is 6.07 Å². The molecular weight excluding hydrogens is 216 g/mol. The predicted molar refractivity (Wildman–Crippen MR) is 54.5 cm³/mol. The van der Waals surface area contributed by atoms with Crippen molar-refractivity contribution in [3.63, 3.8) is 0 Å². The van der Waals surface area contributed by atoms with Gasteiger partial charge in [-0.2, -0.15) is 4.98 Å². The molecule has 0 amide bonds. The highest BCUT2D eigenvalue weighted by atomic mass is 35.5. The van der Waals surface area contributed by atoms with Crippen molar-refractivity contribution in [3.8, 4) is 11.5 Å². The summed E-state index contributed by atoms with van der Waals surface area (Å²) in [6.07, 6.45) is 0.886. The predicted octanol–water partition coefficient (Wildman–Crippen LogP) is 2.13. The van der Waals surface area contributed by atoms with E-state index in [4.69, 9.17) is 16.1 Å². The number of carbonyl (C=O) groups is 1. The van der Waals surface area contributed by atoms with Gasteiger partial charge >= 0.3 is 0 Å². The van der Waals surface area contributed by atoms with Crippen LogP contribution in [0.3, 0.4) is 0 Å². The Morgan fingerprint density at radius 2 is 2.33 bits per heavy atom. The van der Waals surface area contributed by atoms with Crippen LogP contribution in [0, 0.1) is 0 Å². The van der Waals surface area contributed by atoms with E-state index in [0.717, 1.165) is 11.8 Å². The molecule has 0 aliphatic heterocycles. The van der Waals surface area contributed by atoms with Gasteiger partial charge < -0.3 is 9.32 Å². The first-order valence-electron chi connectivity index (χ1n) is 4.32. The molecule has 4 nitrogen and oxygen atoms in total. The van der Waals surface area contributed by atoms with Crippen LogP contribution in [-0.2, 0) is 11.2 Å². The van der Waals surface area contributed by atoms with Crippen LogP contribution < -0.4 is 0 Å². The molecule has 0 aliphatic rings. The number of halogens is 1. The first-order valence-corrected chi connectivity index (χ1v) is 4.69. The molecule has 1 heterocycles. The Bertz CT molecular complexity index is 482. The summed E-state index contributed by atoms with van der Waals surface area (Å²) in [6.45, 7) is 0. The lowest BCUT2D eigenvalue weighted by molar-refractivity contribution is -0.107. The van der Waals surface area contributed by atoms with Crippen molar-refractivity contribution in [2.75, 3.05) is 0 Å². The topological polar surface area (TPSA) is 56.0 Å². The summed E-state index contributed by atoms with van der Waals surface area (Å²) < 4.78 is 4.98. The molecule has 5 heteroatoms. The minimum absolute atomic E-state index is 0.157. The fourth-order valence-electron chi connectivity index (χ4n) is 1.15. The summed E-state index contributed by atoms with van der Waals surface area (Å²) in [5.74, 6) is 0.745. The number of hydrogen-bond acceptors (Lipinski definition) is 4. The van der Waals surface area contributed by atoms with E-state index in [1.165, 1.54) is 0 Å². The zero-order valence-corrected chi connectivity index (χ0v) is 8.44. The molecular formula is C10H7ClN2O2. The zero-order chi connectivity index (χ0) is 10.7. The van der Waals surface area contributed by atoms with Gasteiger partial charge in [-0.25, -0.2) is 0 Å².